The van der Waals surface area contributed by atoms with Crippen LogP contribution in [-0.4, -0.2) is 44.3 Å². The van der Waals surface area contributed by atoms with Gasteiger partial charge in [0.15, 0.2) is 0 Å². The second-order valence-corrected chi connectivity index (χ2v) is 7.95. The van der Waals surface area contributed by atoms with Crippen molar-refractivity contribution in [1.82, 2.24) is 20.0 Å². The minimum atomic E-state index is -0.981. The lowest BCUT2D eigenvalue weighted by molar-refractivity contribution is -0.138. The first-order valence-electron chi connectivity index (χ1n) is 9.74. The third kappa shape index (κ3) is 4.44. The Labute approximate surface area is 154 Å². The predicted molar refractivity (Wildman–Crippen MR) is 96.9 cm³/mol. The van der Waals surface area contributed by atoms with Gasteiger partial charge in [-0.2, -0.15) is 5.10 Å². The third-order valence-corrected chi connectivity index (χ3v) is 5.27. The normalized spacial score (nSPS) is 18.8. The van der Waals surface area contributed by atoms with Crippen LogP contribution in [0.1, 0.15) is 57.3 Å². The van der Waals surface area contributed by atoms with Crippen molar-refractivity contribution in [3.8, 4) is 0 Å². The van der Waals surface area contributed by atoms with Crippen molar-refractivity contribution in [2.24, 2.45) is 11.8 Å². The number of fused-ring (bicyclic) bond motifs is 1. The minimum absolute atomic E-state index is 0.214. The van der Waals surface area contributed by atoms with Crippen LogP contribution in [0, 0.1) is 11.8 Å². The fourth-order valence-corrected chi connectivity index (χ4v) is 3.56. The van der Waals surface area contributed by atoms with E-state index in [0.717, 1.165) is 50.2 Å². The highest BCUT2D eigenvalue weighted by molar-refractivity contribution is 5.80. The summed E-state index contributed by atoms with van der Waals surface area (Å²) in [5.74, 6) is 0.394. The first kappa shape index (κ1) is 18.9. The summed E-state index contributed by atoms with van der Waals surface area (Å²) < 4.78 is 1.94. The van der Waals surface area contributed by atoms with E-state index < -0.39 is 6.10 Å². The average Bonchev–Trinajstić information content (AvgIpc) is 2.80. The number of rotatable bonds is 6. The van der Waals surface area contributed by atoms with Crippen molar-refractivity contribution in [2.45, 2.75) is 71.7 Å². The molecule has 2 amide bonds. The van der Waals surface area contributed by atoms with Crippen LogP contribution in [0.2, 0.25) is 0 Å². The van der Waals surface area contributed by atoms with E-state index in [9.17, 15) is 14.7 Å². The molecule has 1 fully saturated rings. The van der Waals surface area contributed by atoms with E-state index >= 15 is 0 Å². The smallest absolute Gasteiger partial charge is 0.249 e. The molecule has 1 aliphatic carbocycles. The molecule has 0 aromatic carbocycles. The number of hydrogen-bond acceptors (Lipinski definition) is 4. The number of aromatic nitrogens is 2. The maximum Gasteiger partial charge on any atom is 0.249 e. The summed E-state index contributed by atoms with van der Waals surface area (Å²) in [6, 6.07) is 1.96. The molecule has 0 bridgehead atoms. The number of nitrogens with one attached hydrogen (secondary N) is 1. The van der Waals surface area contributed by atoms with Crippen molar-refractivity contribution in [1.29, 1.82) is 0 Å². The van der Waals surface area contributed by atoms with E-state index in [-0.39, 0.29) is 23.7 Å². The Bertz CT molecular complexity index is 651. The highest BCUT2D eigenvalue weighted by Crippen LogP contribution is 2.29. The molecular weight excluding hydrogens is 332 g/mol. The zero-order valence-corrected chi connectivity index (χ0v) is 15.8. The van der Waals surface area contributed by atoms with Crippen molar-refractivity contribution in [3.05, 3.63) is 17.5 Å². The van der Waals surface area contributed by atoms with Crippen LogP contribution in [0.3, 0.4) is 0 Å². The summed E-state index contributed by atoms with van der Waals surface area (Å²) >= 11 is 0. The molecule has 2 N–H and O–H groups in total. The minimum Gasteiger partial charge on any atom is -0.383 e. The lowest BCUT2D eigenvalue weighted by atomic mass is 9.84. The van der Waals surface area contributed by atoms with Crippen LogP contribution < -0.4 is 5.32 Å². The second kappa shape index (κ2) is 8.20. The van der Waals surface area contributed by atoms with Crippen molar-refractivity contribution >= 4 is 11.8 Å². The zero-order chi connectivity index (χ0) is 18.7. The lowest BCUT2D eigenvalue weighted by Gasteiger charge is -2.30. The van der Waals surface area contributed by atoms with Gasteiger partial charge in [-0.3, -0.25) is 14.3 Å². The first-order valence-corrected chi connectivity index (χ1v) is 9.74. The summed E-state index contributed by atoms with van der Waals surface area (Å²) in [7, 11) is 0. The van der Waals surface area contributed by atoms with E-state index in [1.165, 1.54) is 0 Å². The molecular formula is C19H30N4O3. The monoisotopic (exact) mass is 362 g/mol. The van der Waals surface area contributed by atoms with Crippen molar-refractivity contribution in [3.63, 3.8) is 0 Å². The van der Waals surface area contributed by atoms with E-state index in [1.807, 2.05) is 29.5 Å². The summed E-state index contributed by atoms with van der Waals surface area (Å²) in [5.41, 5.74) is 1.78. The van der Waals surface area contributed by atoms with Gasteiger partial charge in [0, 0.05) is 19.0 Å². The van der Waals surface area contributed by atoms with Gasteiger partial charge in [-0.05, 0) is 37.7 Å². The lowest BCUT2D eigenvalue weighted by Crippen LogP contribution is -2.38. The zero-order valence-electron chi connectivity index (χ0n) is 15.8. The summed E-state index contributed by atoms with van der Waals surface area (Å²) in [4.78, 5) is 26.5. The van der Waals surface area contributed by atoms with E-state index in [4.69, 9.17) is 0 Å². The Kier molecular flexibility index (Phi) is 5.96. The molecule has 1 saturated carbocycles. The van der Waals surface area contributed by atoms with Crippen LogP contribution in [0.25, 0.3) is 0 Å². The Balaban J connectivity index is 1.57. The van der Waals surface area contributed by atoms with Crippen LogP contribution in [0.5, 0.6) is 0 Å². The number of carbonyl (C=O) groups excluding carboxylic acids is 2. The number of hydrogen-bond donors (Lipinski definition) is 2. The average molecular weight is 362 g/mol. The van der Waals surface area contributed by atoms with Gasteiger partial charge in [-0.25, -0.2) is 0 Å². The molecule has 0 radical (unpaired) electrons. The van der Waals surface area contributed by atoms with Gasteiger partial charge in [-0.15, -0.1) is 0 Å². The quantitative estimate of drug-likeness (QED) is 0.802. The Hall–Kier alpha value is -1.89. The summed E-state index contributed by atoms with van der Waals surface area (Å²) in [6.45, 7) is 6.40. The fourth-order valence-electron chi connectivity index (χ4n) is 3.56. The summed E-state index contributed by atoms with van der Waals surface area (Å²) in [5, 5.41) is 17.2. The summed E-state index contributed by atoms with van der Waals surface area (Å²) in [6.07, 6.45) is 3.56. The number of aliphatic hydroxyl groups excluding tert-OH is 1. The molecule has 3 rings (SSSR count). The molecule has 1 aromatic rings. The van der Waals surface area contributed by atoms with Crippen molar-refractivity contribution < 1.29 is 14.7 Å². The number of aliphatic hydroxyl groups is 1. The maximum atomic E-state index is 12.5. The molecule has 1 aromatic heterocycles. The van der Waals surface area contributed by atoms with Crippen LogP contribution in [0.15, 0.2) is 6.07 Å². The highest BCUT2D eigenvalue weighted by Gasteiger charge is 2.30. The van der Waals surface area contributed by atoms with Crippen LogP contribution in [-0.2, 0) is 29.2 Å². The van der Waals surface area contributed by atoms with Gasteiger partial charge in [0.2, 0.25) is 11.8 Å². The molecule has 7 heteroatoms. The van der Waals surface area contributed by atoms with Crippen LogP contribution in [0.4, 0.5) is 0 Å². The molecule has 144 valence electrons. The van der Waals surface area contributed by atoms with Gasteiger partial charge in [0.05, 0.1) is 24.5 Å². The molecule has 0 spiro atoms. The standard InChI is InChI=1S/C19H30N4O3/c1-13(2)9-17(24)18(25)20-11-15-10-16-12-22(7-4-8-23(16)21-15)19(26)14-5-3-6-14/h10,13-14,17,24H,3-9,11-12H2,1-2H3,(H,20,25)/t17-/m1/s1. The fraction of sp³-hybridized carbons (Fsp3) is 0.737. The molecule has 0 unspecified atom stereocenters. The SMILES string of the molecule is CC(C)C[C@@H](O)C(=O)NCc1cc2n(n1)CCCN(C(=O)C1CCC1)C2. The molecule has 0 saturated heterocycles. The molecule has 2 aliphatic rings. The topological polar surface area (TPSA) is 87.5 Å². The van der Waals surface area contributed by atoms with Gasteiger partial charge in [-0.1, -0.05) is 20.3 Å². The molecule has 7 nitrogen and oxygen atoms in total. The van der Waals surface area contributed by atoms with E-state index in [0.29, 0.717) is 19.5 Å². The maximum absolute atomic E-state index is 12.5. The Morgan fingerprint density at radius 3 is 2.73 bits per heavy atom. The Morgan fingerprint density at radius 2 is 2.08 bits per heavy atom. The molecule has 2 heterocycles. The number of aryl methyl sites for hydroxylation is 1. The third-order valence-electron chi connectivity index (χ3n) is 5.27. The van der Waals surface area contributed by atoms with Crippen LogP contribution >= 0.6 is 0 Å². The molecule has 1 atom stereocenters. The van der Waals surface area contributed by atoms with Gasteiger partial charge in [0.1, 0.15) is 6.10 Å². The molecule has 1 aliphatic heterocycles. The number of amides is 2. The van der Waals surface area contributed by atoms with Crippen molar-refractivity contribution in [2.75, 3.05) is 6.54 Å². The predicted octanol–water partition coefficient (Wildman–Crippen LogP) is 1.44. The highest BCUT2D eigenvalue weighted by atomic mass is 16.3. The second-order valence-electron chi connectivity index (χ2n) is 7.95. The van der Waals surface area contributed by atoms with E-state index in [2.05, 4.69) is 10.4 Å². The van der Waals surface area contributed by atoms with Gasteiger partial charge < -0.3 is 15.3 Å². The number of nitrogens with zero attached hydrogens (tertiary/aromatic N) is 3. The first-order chi connectivity index (χ1) is 12.4. The Morgan fingerprint density at radius 1 is 1.31 bits per heavy atom. The number of carbonyl (C=O) groups is 2. The van der Waals surface area contributed by atoms with Gasteiger partial charge >= 0.3 is 0 Å². The largest absolute Gasteiger partial charge is 0.383 e. The van der Waals surface area contributed by atoms with E-state index in [1.54, 1.807) is 0 Å². The molecule has 26 heavy (non-hydrogen) atoms. The van der Waals surface area contributed by atoms with Gasteiger partial charge in [0.25, 0.3) is 0 Å².